The quantitative estimate of drug-likeness (QED) is 0.736. The van der Waals surface area contributed by atoms with Crippen molar-refractivity contribution in [2.75, 3.05) is 31.5 Å². The summed E-state index contributed by atoms with van der Waals surface area (Å²) in [5.41, 5.74) is 1.83. The van der Waals surface area contributed by atoms with Crippen LogP contribution in [0.1, 0.15) is 31.1 Å². The van der Waals surface area contributed by atoms with Crippen molar-refractivity contribution in [2.45, 2.75) is 20.8 Å². The third kappa shape index (κ3) is 4.57. The van der Waals surface area contributed by atoms with E-state index in [2.05, 4.69) is 24.1 Å². The first-order valence-corrected chi connectivity index (χ1v) is 6.24. The maximum Gasteiger partial charge on any atom is 0.159 e. The summed E-state index contributed by atoms with van der Waals surface area (Å²) in [7, 11) is 0. The molecule has 3 heteroatoms. The van der Waals surface area contributed by atoms with Gasteiger partial charge >= 0.3 is 0 Å². The Labute approximate surface area is 104 Å². The van der Waals surface area contributed by atoms with E-state index in [1.165, 1.54) is 0 Å². The van der Waals surface area contributed by atoms with E-state index in [-0.39, 0.29) is 5.78 Å². The van der Waals surface area contributed by atoms with E-state index in [9.17, 15) is 4.79 Å². The van der Waals surface area contributed by atoms with Gasteiger partial charge in [-0.25, -0.2) is 0 Å². The molecule has 0 spiro atoms. The first kappa shape index (κ1) is 13.7. The normalized spacial score (nSPS) is 10.6. The van der Waals surface area contributed by atoms with Gasteiger partial charge in [-0.1, -0.05) is 13.8 Å². The third-order valence-corrected chi connectivity index (χ3v) is 2.94. The van der Waals surface area contributed by atoms with Crippen molar-refractivity contribution in [1.82, 2.24) is 4.90 Å². The minimum Gasteiger partial charge on any atom is -0.384 e. The maximum atomic E-state index is 11.1. The van der Waals surface area contributed by atoms with Crippen LogP contribution in [0.2, 0.25) is 0 Å². The Kier molecular flexibility index (Phi) is 5.70. The van der Waals surface area contributed by atoms with Crippen LogP contribution >= 0.6 is 0 Å². The van der Waals surface area contributed by atoms with Crippen molar-refractivity contribution in [3.8, 4) is 0 Å². The summed E-state index contributed by atoms with van der Waals surface area (Å²) in [5.74, 6) is 0.111. The van der Waals surface area contributed by atoms with Crippen molar-refractivity contribution in [2.24, 2.45) is 0 Å². The number of nitrogens with zero attached hydrogens (tertiary/aromatic N) is 1. The maximum absolute atomic E-state index is 11.1. The van der Waals surface area contributed by atoms with Crippen LogP contribution in [-0.2, 0) is 0 Å². The highest BCUT2D eigenvalue weighted by atomic mass is 16.1. The molecule has 0 unspecified atom stereocenters. The van der Waals surface area contributed by atoms with E-state index in [0.717, 1.165) is 37.4 Å². The lowest BCUT2D eigenvalue weighted by atomic mass is 10.1. The Morgan fingerprint density at radius 2 is 1.76 bits per heavy atom. The number of ketones is 1. The van der Waals surface area contributed by atoms with Crippen LogP contribution in [0.5, 0.6) is 0 Å². The number of anilines is 1. The molecular weight excluding hydrogens is 212 g/mol. The van der Waals surface area contributed by atoms with Crippen molar-refractivity contribution in [1.29, 1.82) is 0 Å². The lowest BCUT2D eigenvalue weighted by molar-refractivity contribution is 0.101. The Morgan fingerprint density at radius 3 is 2.24 bits per heavy atom. The highest BCUT2D eigenvalue weighted by Crippen LogP contribution is 2.09. The van der Waals surface area contributed by atoms with Crippen LogP contribution < -0.4 is 5.32 Å². The molecule has 1 aromatic rings. The number of carbonyl (C=O) groups is 1. The summed E-state index contributed by atoms with van der Waals surface area (Å²) in [6.07, 6.45) is 0. The van der Waals surface area contributed by atoms with Gasteiger partial charge in [0, 0.05) is 24.3 Å². The van der Waals surface area contributed by atoms with Crippen LogP contribution in [0, 0.1) is 0 Å². The molecule has 0 aromatic heterocycles. The number of hydrogen-bond acceptors (Lipinski definition) is 3. The topological polar surface area (TPSA) is 32.3 Å². The zero-order valence-corrected chi connectivity index (χ0v) is 11.0. The second-order valence-electron chi connectivity index (χ2n) is 4.09. The van der Waals surface area contributed by atoms with E-state index in [1.807, 2.05) is 24.3 Å². The third-order valence-electron chi connectivity index (χ3n) is 2.94. The molecule has 0 aliphatic heterocycles. The Morgan fingerprint density at radius 1 is 1.18 bits per heavy atom. The number of Topliss-reactive ketones (excluding diaryl/α,β-unsaturated/α-hetero) is 1. The number of rotatable bonds is 7. The molecule has 0 aliphatic rings. The van der Waals surface area contributed by atoms with E-state index in [0.29, 0.717) is 0 Å². The molecule has 1 N–H and O–H groups in total. The average Bonchev–Trinajstić information content (AvgIpc) is 2.35. The van der Waals surface area contributed by atoms with Crippen LogP contribution in [0.15, 0.2) is 24.3 Å². The molecule has 1 rings (SSSR count). The molecular formula is C14H22N2O. The number of hydrogen-bond donors (Lipinski definition) is 1. The van der Waals surface area contributed by atoms with Crippen LogP contribution in [0.3, 0.4) is 0 Å². The van der Waals surface area contributed by atoms with Gasteiger partial charge in [0.25, 0.3) is 0 Å². The number of nitrogens with one attached hydrogen (secondary N) is 1. The molecule has 0 saturated carbocycles. The summed E-state index contributed by atoms with van der Waals surface area (Å²) >= 11 is 0. The van der Waals surface area contributed by atoms with Crippen LogP contribution in [0.25, 0.3) is 0 Å². The van der Waals surface area contributed by atoms with Gasteiger partial charge in [0.2, 0.25) is 0 Å². The summed E-state index contributed by atoms with van der Waals surface area (Å²) < 4.78 is 0. The van der Waals surface area contributed by atoms with Crippen LogP contribution in [-0.4, -0.2) is 36.9 Å². The molecule has 0 aliphatic carbocycles. The molecule has 0 fully saturated rings. The minimum atomic E-state index is 0.111. The molecule has 1 aromatic carbocycles. The standard InChI is InChI=1S/C14H22N2O/c1-4-16(5-2)11-10-15-14-8-6-13(7-9-14)12(3)17/h6-9,15H,4-5,10-11H2,1-3H3. The molecule has 17 heavy (non-hydrogen) atoms. The van der Waals surface area contributed by atoms with E-state index < -0.39 is 0 Å². The lowest BCUT2D eigenvalue weighted by Gasteiger charge is -2.18. The van der Waals surface area contributed by atoms with Gasteiger partial charge in [0.1, 0.15) is 0 Å². The molecule has 0 amide bonds. The van der Waals surface area contributed by atoms with Crippen molar-refractivity contribution >= 4 is 11.5 Å². The van der Waals surface area contributed by atoms with Crippen molar-refractivity contribution in [3.05, 3.63) is 29.8 Å². The highest BCUT2D eigenvalue weighted by molar-refractivity contribution is 5.94. The second-order valence-corrected chi connectivity index (χ2v) is 4.09. The predicted octanol–water partition coefficient (Wildman–Crippen LogP) is 2.64. The van der Waals surface area contributed by atoms with Gasteiger partial charge in [-0.2, -0.15) is 0 Å². The second kappa shape index (κ2) is 7.07. The monoisotopic (exact) mass is 234 g/mol. The Bertz CT molecular complexity index is 342. The molecule has 0 saturated heterocycles. The smallest absolute Gasteiger partial charge is 0.159 e. The Balaban J connectivity index is 2.39. The highest BCUT2D eigenvalue weighted by Gasteiger charge is 2.00. The fourth-order valence-electron chi connectivity index (χ4n) is 1.72. The van der Waals surface area contributed by atoms with Crippen molar-refractivity contribution < 1.29 is 4.79 Å². The number of carbonyl (C=O) groups excluding carboxylic acids is 1. The van der Waals surface area contributed by atoms with Crippen LogP contribution in [0.4, 0.5) is 5.69 Å². The van der Waals surface area contributed by atoms with Gasteiger partial charge in [0.05, 0.1) is 0 Å². The molecule has 0 atom stereocenters. The van der Waals surface area contributed by atoms with Gasteiger partial charge in [-0.15, -0.1) is 0 Å². The molecule has 94 valence electrons. The zero-order valence-electron chi connectivity index (χ0n) is 11.0. The molecule has 3 nitrogen and oxygen atoms in total. The fraction of sp³-hybridized carbons (Fsp3) is 0.500. The molecule has 0 heterocycles. The van der Waals surface area contributed by atoms with Crippen molar-refractivity contribution in [3.63, 3.8) is 0 Å². The molecule has 0 radical (unpaired) electrons. The number of likely N-dealkylation sites (N-methyl/N-ethyl adjacent to an activating group) is 1. The summed E-state index contributed by atoms with van der Waals surface area (Å²) in [4.78, 5) is 13.5. The first-order chi connectivity index (χ1) is 8.17. The first-order valence-electron chi connectivity index (χ1n) is 6.24. The summed E-state index contributed by atoms with van der Waals surface area (Å²) in [5, 5.41) is 3.36. The summed E-state index contributed by atoms with van der Waals surface area (Å²) in [6.45, 7) is 10.1. The average molecular weight is 234 g/mol. The lowest BCUT2D eigenvalue weighted by Crippen LogP contribution is -2.28. The van der Waals surface area contributed by atoms with Gasteiger partial charge in [-0.05, 0) is 44.3 Å². The van der Waals surface area contributed by atoms with Gasteiger partial charge < -0.3 is 10.2 Å². The van der Waals surface area contributed by atoms with E-state index in [1.54, 1.807) is 6.92 Å². The largest absolute Gasteiger partial charge is 0.384 e. The minimum absolute atomic E-state index is 0.111. The van der Waals surface area contributed by atoms with Gasteiger partial charge in [-0.3, -0.25) is 4.79 Å². The Hall–Kier alpha value is -1.35. The molecule has 0 bridgehead atoms. The fourth-order valence-corrected chi connectivity index (χ4v) is 1.72. The zero-order chi connectivity index (χ0) is 12.7. The predicted molar refractivity (Wildman–Crippen MR) is 72.7 cm³/mol. The number of benzene rings is 1. The van der Waals surface area contributed by atoms with E-state index in [4.69, 9.17) is 0 Å². The summed E-state index contributed by atoms with van der Waals surface area (Å²) in [6, 6.07) is 7.64. The SMILES string of the molecule is CCN(CC)CCNc1ccc(C(C)=O)cc1. The van der Waals surface area contributed by atoms with E-state index >= 15 is 0 Å². The van der Waals surface area contributed by atoms with Gasteiger partial charge in [0.15, 0.2) is 5.78 Å².